The van der Waals surface area contributed by atoms with Gasteiger partial charge < -0.3 is 14.6 Å². The third-order valence-corrected chi connectivity index (χ3v) is 2.79. The van der Waals surface area contributed by atoms with E-state index in [2.05, 4.69) is 5.32 Å². The summed E-state index contributed by atoms with van der Waals surface area (Å²) in [5.41, 5.74) is 0. The van der Waals surface area contributed by atoms with Gasteiger partial charge in [-0.1, -0.05) is 12.1 Å². The molecule has 0 heterocycles. The molecule has 1 aromatic carbocycles. The molecule has 1 aliphatic carbocycles. The van der Waals surface area contributed by atoms with Crippen molar-refractivity contribution in [1.29, 1.82) is 0 Å². The van der Waals surface area contributed by atoms with Gasteiger partial charge in [0.2, 0.25) is 0 Å². The number of nitrogens with one attached hydrogen (secondary N) is 1. The molecule has 1 saturated carbocycles. The smallest absolute Gasteiger partial charge is 0.324 e. The number of para-hydroxylation sites is 2. The number of hydrogen-bond donors (Lipinski definition) is 2. The lowest BCUT2D eigenvalue weighted by atomic mass is 10.3. The maximum atomic E-state index is 11.1. The maximum Gasteiger partial charge on any atom is 0.324 e. The number of methoxy groups -OCH3 is 1. The molecule has 1 aliphatic rings. The van der Waals surface area contributed by atoms with E-state index >= 15 is 0 Å². The highest BCUT2D eigenvalue weighted by molar-refractivity contribution is 5.73. The van der Waals surface area contributed by atoms with Crippen LogP contribution in [-0.4, -0.2) is 36.9 Å². The first-order chi connectivity index (χ1) is 8.70. The average molecular weight is 251 g/mol. The molecule has 1 unspecified atom stereocenters. The second kappa shape index (κ2) is 5.73. The third kappa shape index (κ3) is 3.37. The molecule has 0 aromatic heterocycles. The summed E-state index contributed by atoms with van der Waals surface area (Å²) in [6.45, 7) is 0.0895. The van der Waals surface area contributed by atoms with Crippen LogP contribution in [0, 0.1) is 0 Å². The summed E-state index contributed by atoms with van der Waals surface area (Å²) in [7, 11) is 1.55. The number of ether oxygens (including phenoxy) is 2. The van der Waals surface area contributed by atoms with Gasteiger partial charge in [0.1, 0.15) is 12.6 Å². The van der Waals surface area contributed by atoms with Crippen LogP contribution in [0.15, 0.2) is 24.3 Å². The van der Waals surface area contributed by atoms with Gasteiger partial charge in [-0.15, -0.1) is 0 Å². The fourth-order valence-corrected chi connectivity index (χ4v) is 1.64. The Hall–Kier alpha value is -1.75. The number of rotatable bonds is 7. The Morgan fingerprint density at radius 3 is 2.67 bits per heavy atom. The first-order valence-electron chi connectivity index (χ1n) is 5.95. The second-order valence-electron chi connectivity index (χ2n) is 4.29. The van der Waals surface area contributed by atoms with Gasteiger partial charge in [0, 0.05) is 6.04 Å². The van der Waals surface area contributed by atoms with Crippen molar-refractivity contribution < 1.29 is 19.4 Å². The summed E-state index contributed by atoms with van der Waals surface area (Å²) in [6, 6.07) is 6.84. The molecule has 98 valence electrons. The van der Waals surface area contributed by atoms with E-state index in [1.165, 1.54) is 0 Å². The van der Waals surface area contributed by atoms with Gasteiger partial charge in [0.25, 0.3) is 0 Å². The van der Waals surface area contributed by atoms with E-state index in [1.807, 2.05) is 12.1 Å². The van der Waals surface area contributed by atoms with E-state index in [4.69, 9.17) is 14.6 Å². The number of carboxylic acids is 1. The predicted molar refractivity (Wildman–Crippen MR) is 66.1 cm³/mol. The molecule has 0 aliphatic heterocycles. The molecule has 5 nitrogen and oxygen atoms in total. The van der Waals surface area contributed by atoms with E-state index in [0.717, 1.165) is 12.8 Å². The fraction of sp³-hybridized carbons (Fsp3) is 0.462. The average Bonchev–Trinajstić information content (AvgIpc) is 3.18. The van der Waals surface area contributed by atoms with Gasteiger partial charge in [-0.05, 0) is 25.0 Å². The normalized spacial score (nSPS) is 16.1. The number of benzene rings is 1. The molecule has 18 heavy (non-hydrogen) atoms. The van der Waals surface area contributed by atoms with Crippen molar-refractivity contribution in [2.24, 2.45) is 0 Å². The van der Waals surface area contributed by atoms with Crippen molar-refractivity contribution in [3.63, 3.8) is 0 Å². The predicted octanol–water partition coefficient (Wildman–Crippen LogP) is 1.28. The molecule has 1 aromatic rings. The molecule has 2 rings (SSSR count). The fourth-order valence-electron chi connectivity index (χ4n) is 1.64. The van der Waals surface area contributed by atoms with E-state index in [-0.39, 0.29) is 6.61 Å². The number of carbonyl (C=O) groups is 1. The van der Waals surface area contributed by atoms with E-state index < -0.39 is 12.0 Å². The number of aliphatic carboxylic acids is 1. The quantitative estimate of drug-likeness (QED) is 0.764. The summed E-state index contributed by atoms with van der Waals surface area (Å²) in [6.07, 6.45) is 2.08. The van der Waals surface area contributed by atoms with Gasteiger partial charge >= 0.3 is 5.97 Å². The van der Waals surface area contributed by atoms with E-state index in [0.29, 0.717) is 17.5 Å². The van der Waals surface area contributed by atoms with Crippen LogP contribution < -0.4 is 14.8 Å². The monoisotopic (exact) mass is 251 g/mol. The minimum absolute atomic E-state index is 0.0895. The maximum absolute atomic E-state index is 11.1. The molecule has 1 fully saturated rings. The highest BCUT2D eigenvalue weighted by Gasteiger charge is 2.28. The van der Waals surface area contributed by atoms with Crippen LogP contribution in [0.4, 0.5) is 0 Å². The Kier molecular flexibility index (Phi) is 4.04. The van der Waals surface area contributed by atoms with Crippen LogP contribution in [0.2, 0.25) is 0 Å². The van der Waals surface area contributed by atoms with Crippen molar-refractivity contribution in [2.45, 2.75) is 24.9 Å². The van der Waals surface area contributed by atoms with E-state index in [9.17, 15) is 4.79 Å². The zero-order valence-corrected chi connectivity index (χ0v) is 10.3. The van der Waals surface area contributed by atoms with Crippen LogP contribution in [0.5, 0.6) is 11.5 Å². The minimum atomic E-state index is -0.892. The SMILES string of the molecule is COc1ccccc1OCC(NC1CC1)C(=O)O. The van der Waals surface area contributed by atoms with Crippen LogP contribution in [0.1, 0.15) is 12.8 Å². The Balaban J connectivity index is 1.93. The molecule has 2 N–H and O–H groups in total. The van der Waals surface area contributed by atoms with Crippen molar-refractivity contribution >= 4 is 5.97 Å². The Labute approximate surface area is 106 Å². The first-order valence-corrected chi connectivity index (χ1v) is 5.95. The summed E-state index contributed by atoms with van der Waals surface area (Å²) in [5, 5.41) is 12.1. The molecular weight excluding hydrogens is 234 g/mol. The first kappa shape index (κ1) is 12.7. The van der Waals surface area contributed by atoms with Crippen molar-refractivity contribution in [1.82, 2.24) is 5.32 Å². The van der Waals surface area contributed by atoms with Gasteiger partial charge in [0.05, 0.1) is 7.11 Å². The molecular formula is C13H17NO4. The van der Waals surface area contributed by atoms with Gasteiger partial charge in [-0.3, -0.25) is 10.1 Å². The molecule has 0 saturated heterocycles. The molecule has 0 spiro atoms. The van der Waals surface area contributed by atoms with Crippen LogP contribution in [0.25, 0.3) is 0 Å². The standard InChI is InChI=1S/C13H17NO4/c1-17-11-4-2-3-5-12(11)18-8-10(13(15)16)14-9-6-7-9/h2-5,9-10,14H,6-8H2,1H3,(H,15,16). The number of carboxylic acid groups (broad SMARTS) is 1. The minimum Gasteiger partial charge on any atom is -0.493 e. The topological polar surface area (TPSA) is 67.8 Å². The van der Waals surface area contributed by atoms with Gasteiger partial charge in [0.15, 0.2) is 11.5 Å². The molecule has 0 amide bonds. The molecule has 0 bridgehead atoms. The second-order valence-corrected chi connectivity index (χ2v) is 4.29. The Morgan fingerprint density at radius 2 is 2.11 bits per heavy atom. The van der Waals surface area contributed by atoms with Crippen LogP contribution in [-0.2, 0) is 4.79 Å². The summed E-state index contributed by atoms with van der Waals surface area (Å²) < 4.78 is 10.7. The largest absolute Gasteiger partial charge is 0.493 e. The highest BCUT2D eigenvalue weighted by Crippen LogP contribution is 2.26. The lowest BCUT2D eigenvalue weighted by molar-refractivity contribution is -0.140. The van der Waals surface area contributed by atoms with E-state index in [1.54, 1.807) is 19.2 Å². The lowest BCUT2D eigenvalue weighted by Crippen LogP contribution is -2.42. The zero-order valence-electron chi connectivity index (χ0n) is 10.3. The number of hydrogen-bond acceptors (Lipinski definition) is 4. The zero-order chi connectivity index (χ0) is 13.0. The summed E-state index contributed by atoms with van der Waals surface area (Å²) in [5.74, 6) is 0.272. The Morgan fingerprint density at radius 1 is 1.44 bits per heavy atom. The summed E-state index contributed by atoms with van der Waals surface area (Å²) in [4.78, 5) is 11.1. The van der Waals surface area contributed by atoms with Crippen LogP contribution >= 0.6 is 0 Å². The summed E-state index contributed by atoms with van der Waals surface area (Å²) >= 11 is 0. The highest BCUT2D eigenvalue weighted by atomic mass is 16.5. The van der Waals surface area contributed by atoms with Gasteiger partial charge in [-0.25, -0.2) is 0 Å². The molecule has 5 heteroatoms. The van der Waals surface area contributed by atoms with Crippen molar-refractivity contribution in [2.75, 3.05) is 13.7 Å². The lowest BCUT2D eigenvalue weighted by Gasteiger charge is -2.16. The van der Waals surface area contributed by atoms with Gasteiger partial charge in [-0.2, -0.15) is 0 Å². The third-order valence-electron chi connectivity index (χ3n) is 2.79. The van der Waals surface area contributed by atoms with Crippen molar-refractivity contribution in [3.05, 3.63) is 24.3 Å². The molecule has 1 atom stereocenters. The Bertz CT molecular complexity index is 417. The molecule has 0 radical (unpaired) electrons. The van der Waals surface area contributed by atoms with Crippen molar-refractivity contribution in [3.8, 4) is 11.5 Å². The van der Waals surface area contributed by atoms with Crippen LogP contribution in [0.3, 0.4) is 0 Å².